The quantitative estimate of drug-likeness (QED) is 0.774. The van der Waals surface area contributed by atoms with Crippen molar-refractivity contribution >= 4 is 15.9 Å². The van der Waals surface area contributed by atoms with E-state index in [0.717, 1.165) is 17.3 Å². The lowest BCUT2D eigenvalue weighted by Crippen LogP contribution is -2.32. The lowest BCUT2D eigenvalue weighted by Gasteiger charge is -2.23. The highest BCUT2D eigenvalue weighted by Gasteiger charge is 2.12. The van der Waals surface area contributed by atoms with E-state index in [1.807, 2.05) is 0 Å². The van der Waals surface area contributed by atoms with Gasteiger partial charge in [-0.1, -0.05) is 65.3 Å². The van der Waals surface area contributed by atoms with E-state index in [1.165, 1.54) is 11.1 Å². The third-order valence-corrected chi connectivity index (χ3v) is 4.15. The van der Waals surface area contributed by atoms with Crippen LogP contribution in [-0.4, -0.2) is 6.04 Å². The molecule has 2 atom stereocenters. The second kappa shape index (κ2) is 7.61. The summed E-state index contributed by atoms with van der Waals surface area (Å²) >= 11 is 3.54. The maximum Gasteiger partial charge on any atom is 0.0294 e. The van der Waals surface area contributed by atoms with Gasteiger partial charge in [-0.15, -0.1) is 0 Å². The van der Waals surface area contributed by atoms with Crippen molar-refractivity contribution in [2.75, 3.05) is 0 Å². The molecular weight excluding hydrogens is 310 g/mol. The van der Waals surface area contributed by atoms with Crippen LogP contribution >= 0.6 is 15.9 Å². The Bertz CT molecular complexity index is 524. The fraction of sp³-hybridized carbons (Fsp3) is 0.333. The van der Waals surface area contributed by atoms with Gasteiger partial charge < -0.3 is 5.32 Å². The monoisotopic (exact) mass is 331 g/mol. The number of hydrogen-bond donors (Lipinski definition) is 1. The normalized spacial score (nSPS) is 13.9. The summed E-state index contributed by atoms with van der Waals surface area (Å²) in [5.41, 5.74) is 2.72. The Hall–Kier alpha value is -1.12. The van der Waals surface area contributed by atoms with Gasteiger partial charge in [-0.2, -0.15) is 0 Å². The molecule has 0 aliphatic rings. The Morgan fingerprint density at radius 2 is 1.80 bits per heavy atom. The minimum Gasteiger partial charge on any atom is -0.307 e. The van der Waals surface area contributed by atoms with Crippen LogP contribution in [0.25, 0.3) is 0 Å². The van der Waals surface area contributed by atoms with E-state index in [4.69, 9.17) is 0 Å². The number of hydrogen-bond acceptors (Lipinski definition) is 1. The van der Waals surface area contributed by atoms with E-state index in [1.54, 1.807) is 0 Å². The predicted molar refractivity (Wildman–Crippen MR) is 89.9 cm³/mol. The second-order valence-electron chi connectivity index (χ2n) is 5.24. The summed E-state index contributed by atoms with van der Waals surface area (Å²) in [5, 5.41) is 3.74. The first-order valence-corrected chi connectivity index (χ1v) is 8.03. The van der Waals surface area contributed by atoms with Crippen LogP contribution in [0.3, 0.4) is 0 Å². The number of rotatable bonds is 6. The van der Waals surface area contributed by atoms with Crippen LogP contribution in [0, 0.1) is 0 Å². The van der Waals surface area contributed by atoms with Gasteiger partial charge in [0, 0.05) is 16.6 Å². The molecule has 0 saturated carbocycles. The van der Waals surface area contributed by atoms with Gasteiger partial charge in [-0.05, 0) is 43.0 Å². The minimum atomic E-state index is 0.362. The number of halogens is 1. The molecule has 0 bridgehead atoms. The van der Waals surface area contributed by atoms with Crippen LogP contribution in [0.4, 0.5) is 0 Å². The molecule has 0 spiro atoms. The molecule has 0 aliphatic heterocycles. The molecule has 2 rings (SSSR count). The zero-order chi connectivity index (χ0) is 14.4. The number of benzene rings is 2. The van der Waals surface area contributed by atoms with E-state index in [-0.39, 0.29) is 0 Å². The molecule has 0 aliphatic carbocycles. The van der Waals surface area contributed by atoms with Crippen molar-refractivity contribution in [2.45, 2.75) is 38.8 Å². The first-order chi connectivity index (χ1) is 9.69. The molecule has 2 aromatic rings. The highest BCUT2D eigenvalue weighted by Crippen LogP contribution is 2.19. The summed E-state index contributed by atoms with van der Waals surface area (Å²) in [5.74, 6) is 0. The van der Waals surface area contributed by atoms with Crippen LogP contribution in [0.1, 0.15) is 37.4 Å². The minimum absolute atomic E-state index is 0.362. The lowest BCUT2D eigenvalue weighted by molar-refractivity contribution is 0.440. The molecule has 20 heavy (non-hydrogen) atoms. The summed E-state index contributed by atoms with van der Waals surface area (Å²) in [4.78, 5) is 0. The zero-order valence-corrected chi connectivity index (χ0v) is 13.7. The van der Waals surface area contributed by atoms with Crippen molar-refractivity contribution in [3.8, 4) is 0 Å². The molecule has 0 saturated heterocycles. The van der Waals surface area contributed by atoms with Gasteiger partial charge in [0.15, 0.2) is 0 Å². The molecule has 0 radical (unpaired) electrons. The van der Waals surface area contributed by atoms with Gasteiger partial charge in [0.05, 0.1) is 0 Å². The van der Waals surface area contributed by atoms with Crippen LogP contribution < -0.4 is 5.32 Å². The van der Waals surface area contributed by atoms with Crippen LogP contribution in [-0.2, 0) is 6.42 Å². The van der Waals surface area contributed by atoms with E-state index in [0.29, 0.717) is 12.1 Å². The second-order valence-corrected chi connectivity index (χ2v) is 6.15. The van der Waals surface area contributed by atoms with Crippen molar-refractivity contribution < 1.29 is 0 Å². The molecule has 1 unspecified atom stereocenters. The van der Waals surface area contributed by atoms with Gasteiger partial charge in [0.1, 0.15) is 0 Å². The average molecular weight is 332 g/mol. The van der Waals surface area contributed by atoms with Gasteiger partial charge >= 0.3 is 0 Å². The smallest absolute Gasteiger partial charge is 0.0294 e. The van der Waals surface area contributed by atoms with Gasteiger partial charge in [-0.3, -0.25) is 0 Å². The summed E-state index contributed by atoms with van der Waals surface area (Å²) in [6.07, 6.45) is 2.21. The lowest BCUT2D eigenvalue weighted by atomic mass is 10.0. The van der Waals surface area contributed by atoms with Crippen LogP contribution in [0.15, 0.2) is 59.1 Å². The highest BCUT2D eigenvalue weighted by molar-refractivity contribution is 9.10. The zero-order valence-electron chi connectivity index (χ0n) is 12.1. The van der Waals surface area contributed by atoms with Crippen LogP contribution in [0.2, 0.25) is 0 Å². The highest BCUT2D eigenvalue weighted by atomic mass is 79.9. The molecule has 0 amide bonds. The predicted octanol–water partition coefficient (Wildman–Crippen LogP) is 5.12. The Morgan fingerprint density at radius 3 is 2.45 bits per heavy atom. The summed E-state index contributed by atoms with van der Waals surface area (Å²) in [6, 6.07) is 20.1. The molecule has 0 fully saturated rings. The van der Waals surface area contributed by atoms with Crippen molar-refractivity contribution in [3.63, 3.8) is 0 Å². The molecule has 0 aromatic heterocycles. The standard InChI is InChI=1S/C18H22BrN/c1-3-18(12-15-8-5-4-6-9-15)20-14(2)16-10-7-11-17(19)13-16/h4-11,13-14,18,20H,3,12H2,1-2H3/t14-,18?/m0/s1. The van der Waals surface area contributed by atoms with E-state index < -0.39 is 0 Å². The van der Waals surface area contributed by atoms with Gasteiger partial charge in [0.25, 0.3) is 0 Å². The van der Waals surface area contributed by atoms with E-state index in [2.05, 4.69) is 89.7 Å². The Morgan fingerprint density at radius 1 is 1.05 bits per heavy atom. The Balaban J connectivity index is 1.99. The van der Waals surface area contributed by atoms with Gasteiger partial charge in [0.2, 0.25) is 0 Å². The molecule has 106 valence electrons. The summed E-state index contributed by atoms with van der Waals surface area (Å²) < 4.78 is 1.14. The number of nitrogens with one attached hydrogen (secondary N) is 1. The fourth-order valence-corrected chi connectivity index (χ4v) is 2.86. The largest absolute Gasteiger partial charge is 0.307 e. The van der Waals surface area contributed by atoms with E-state index >= 15 is 0 Å². The van der Waals surface area contributed by atoms with Crippen molar-refractivity contribution in [3.05, 3.63) is 70.2 Å². The maximum atomic E-state index is 3.74. The molecule has 1 N–H and O–H groups in total. The Labute approximate surface area is 130 Å². The first-order valence-electron chi connectivity index (χ1n) is 7.24. The first kappa shape index (κ1) is 15.3. The van der Waals surface area contributed by atoms with Crippen molar-refractivity contribution in [2.24, 2.45) is 0 Å². The molecule has 2 heteroatoms. The Kier molecular flexibility index (Phi) is 5.81. The molecule has 0 heterocycles. The third-order valence-electron chi connectivity index (χ3n) is 3.65. The third kappa shape index (κ3) is 4.46. The van der Waals surface area contributed by atoms with E-state index in [9.17, 15) is 0 Å². The van der Waals surface area contributed by atoms with Gasteiger partial charge in [-0.25, -0.2) is 0 Å². The average Bonchev–Trinajstić information content (AvgIpc) is 2.47. The SMILES string of the molecule is CCC(Cc1ccccc1)N[C@@H](C)c1cccc(Br)c1. The molecule has 1 nitrogen and oxygen atoms in total. The molecular formula is C18H22BrN. The summed E-state index contributed by atoms with van der Waals surface area (Å²) in [6.45, 7) is 4.48. The van der Waals surface area contributed by atoms with Crippen molar-refractivity contribution in [1.82, 2.24) is 5.32 Å². The molecule has 2 aromatic carbocycles. The maximum absolute atomic E-state index is 3.74. The topological polar surface area (TPSA) is 12.0 Å². The van der Waals surface area contributed by atoms with Crippen LogP contribution in [0.5, 0.6) is 0 Å². The van der Waals surface area contributed by atoms with Crippen molar-refractivity contribution in [1.29, 1.82) is 0 Å². The summed E-state index contributed by atoms with van der Waals surface area (Å²) in [7, 11) is 0. The fourth-order valence-electron chi connectivity index (χ4n) is 2.45.